The Labute approximate surface area is 89.0 Å². The maximum absolute atomic E-state index is 11.0. The number of hydrogen-bond donors (Lipinski definition) is 1. The molecule has 1 aromatic carbocycles. The summed E-state index contributed by atoms with van der Waals surface area (Å²) in [5.74, 6) is -0.400. The Balaban J connectivity index is 2.40. The molecule has 0 fully saturated rings. The Morgan fingerprint density at radius 3 is 3.13 bits per heavy atom. The second kappa shape index (κ2) is 2.80. The quantitative estimate of drug-likeness (QED) is 0.673. The number of hydrogen-bond acceptors (Lipinski definition) is 3. The van der Waals surface area contributed by atoms with Crippen LogP contribution in [-0.4, -0.2) is 15.3 Å². The Kier molecular flexibility index (Phi) is 1.58. The predicted octanol–water partition coefficient (Wildman–Crippen LogP) is 1.65. The van der Waals surface area contributed by atoms with Crippen molar-refractivity contribution in [3.8, 4) is 0 Å². The molecular formula is C10H7N3OS. The first-order valence-corrected chi connectivity index (χ1v) is 5.23. The van der Waals surface area contributed by atoms with E-state index in [-0.39, 0.29) is 0 Å². The molecule has 0 aliphatic rings. The molecule has 2 N–H and O–H groups in total. The molecule has 0 saturated carbocycles. The highest BCUT2D eigenvalue weighted by Gasteiger charge is 2.07. The van der Waals surface area contributed by atoms with Gasteiger partial charge in [-0.25, -0.2) is 4.98 Å². The monoisotopic (exact) mass is 217 g/mol. The molecule has 4 nitrogen and oxygen atoms in total. The lowest BCUT2D eigenvalue weighted by molar-refractivity contribution is 0.100. The summed E-state index contributed by atoms with van der Waals surface area (Å²) in [6.45, 7) is 0. The molecule has 15 heavy (non-hydrogen) atoms. The number of imidazole rings is 1. The zero-order chi connectivity index (χ0) is 10.4. The van der Waals surface area contributed by atoms with Crippen molar-refractivity contribution in [2.24, 2.45) is 5.73 Å². The van der Waals surface area contributed by atoms with Gasteiger partial charge < -0.3 is 5.73 Å². The van der Waals surface area contributed by atoms with Crippen LogP contribution in [0.4, 0.5) is 0 Å². The molecule has 0 spiro atoms. The summed E-state index contributed by atoms with van der Waals surface area (Å²) in [4.78, 5) is 16.1. The summed E-state index contributed by atoms with van der Waals surface area (Å²) in [5, 5.41) is 0. The second-order valence-corrected chi connectivity index (χ2v) is 4.24. The second-order valence-electron chi connectivity index (χ2n) is 3.23. The van der Waals surface area contributed by atoms with Gasteiger partial charge in [0.2, 0.25) is 5.91 Å². The van der Waals surface area contributed by atoms with Gasteiger partial charge in [-0.15, -0.1) is 0 Å². The lowest BCUT2D eigenvalue weighted by Crippen LogP contribution is -2.10. The number of thiazole rings is 1. The van der Waals surface area contributed by atoms with Crippen LogP contribution in [0.25, 0.3) is 15.2 Å². The number of carbonyl (C=O) groups excluding carboxylic acids is 1. The number of amides is 1. The highest BCUT2D eigenvalue weighted by molar-refractivity contribution is 7.23. The summed E-state index contributed by atoms with van der Waals surface area (Å²) in [5.41, 5.74) is 6.81. The molecule has 0 saturated heterocycles. The minimum Gasteiger partial charge on any atom is -0.366 e. The maximum atomic E-state index is 11.0. The average molecular weight is 217 g/mol. The third kappa shape index (κ3) is 1.13. The summed E-state index contributed by atoms with van der Waals surface area (Å²) in [6.07, 6.45) is 3.66. The van der Waals surface area contributed by atoms with Gasteiger partial charge in [-0.3, -0.25) is 9.20 Å². The molecule has 0 bridgehead atoms. The van der Waals surface area contributed by atoms with Gasteiger partial charge >= 0.3 is 0 Å². The van der Waals surface area contributed by atoms with E-state index >= 15 is 0 Å². The van der Waals surface area contributed by atoms with Crippen molar-refractivity contribution in [1.29, 1.82) is 0 Å². The van der Waals surface area contributed by atoms with E-state index in [0.717, 1.165) is 15.2 Å². The van der Waals surface area contributed by atoms with Gasteiger partial charge in [-0.2, -0.15) is 0 Å². The number of nitrogens with zero attached hydrogens (tertiary/aromatic N) is 2. The lowest BCUT2D eigenvalue weighted by Gasteiger charge is -1.94. The van der Waals surface area contributed by atoms with Crippen molar-refractivity contribution in [1.82, 2.24) is 9.38 Å². The first kappa shape index (κ1) is 8.43. The average Bonchev–Trinajstić information content (AvgIpc) is 2.75. The van der Waals surface area contributed by atoms with Crippen molar-refractivity contribution in [2.75, 3.05) is 0 Å². The van der Waals surface area contributed by atoms with Crippen molar-refractivity contribution < 1.29 is 4.79 Å². The molecule has 0 radical (unpaired) electrons. The largest absolute Gasteiger partial charge is 0.366 e. The summed E-state index contributed by atoms with van der Waals surface area (Å²) in [7, 11) is 0. The smallest absolute Gasteiger partial charge is 0.248 e. The Hall–Kier alpha value is -1.88. The maximum Gasteiger partial charge on any atom is 0.248 e. The predicted molar refractivity (Wildman–Crippen MR) is 59.1 cm³/mol. The first-order chi connectivity index (χ1) is 7.25. The van der Waals surface area contributed by atoms with Gasteiger partial charge in [-0.1, -0.05) is 11.3 Å². The molecule has 3 aromatic rings. The van der Waals surface area contributed by atoms with Crippen molar-refractivity contribution in [3.63, 3.8) is 0 Å². The third-order valence-corrected chi connectivity index (χ3v) is 3.34. The number of rotatable bonds is 1. The summed E-state index contributed by atoms with van der Waals surface area (Å²) < 4.78 is 3.01. The molecule has 0 atom stereocenters. The molecule has 3 rings (SSSR count). The van der Waals surface area contributed by atoms with E-state index in [0.29, 0.717) is 5.56 Å². The van der Waals surface area contributed by atoms with Gasteiger partial charge in [0.05, 0.1) is 10.2 Å². The van der Waals surface area contributed by atoms with Crippen LogP contribution in [0.3, 0.4) is 0 Å². The van der Waals surface area contributed by atoms with E-state index < -0.39 is 5.91 Å². The molecular weight excluding hydrogens is 210 g/mol. The van der Waals surface area contributed by atoms with Gasteiger partial charge in [-0.05, 0) is 18.2 Å². The molecule has 0 aliphatic heterocycles. The number of primary amides is 1. The normalized spacial score (nSPS) is 11.2. The summed E-state index contributed by atoms with van der Waals surface area (Å²) >= 11 is 1.54. The van der Waals surface area contributed by atoms with Gasteiger partial charge in [0, 0.05) is 18.0 Å². The van der Waals surface area contributed by atoms with Gasteiger partial charge in [0.1, 0.15) is 0 Å². The Morgan fingerprint density at radius 1 is 1.47 bits per heavy atom. The molecule has 2 heterocycles. The van der Waals surface area contributed by atoms with E-state index in [2.05, 4.69) is 4.98 Å². The number of carbonyl (C=O) groups is 1. The van der Waals surface area contributed by atoms with E-state index in [1.807, 2.05) is 16.7 Å². The van der Waals surface area contributed by atoms with Crippen molar-refractivity contribution in [3.05, 3.63) is 36.2 Å². The highest BCUT2D eigenvalue weighted by atomic mass is 32.1. The fourth-order valence-electron chi connectivity index (χ4n) is 1.60. The van der Waals surface area contributed by atoms with E-state index in [4.69, 9.17) is 5.73 Å². The number of fused-ring (bicyclic) bond motifs is 3. The Morgan fingerprint density at radius 2 is 2.33 bits per heavy atom. The van der Waals surface area contributed by atoms with Crippen LogP contribution in [0.5, 0.6) is 0 Å². The number of nitrogens with two attached hydrogens (primary N) is 1. The van der Waals surface area contributed by atoms with Crippen LogP contribution in [0.15, 0.2) is 30.6 Å². The van der Waals surface area contributed by atoms with E-state index in [1.54, 1.807) is 29.7 Å². The minimum absolute atomic E-state index is 0.400. The van der Waals surface area contributed by atoms with Crippen LogP contribution in [0.2, 0.25) is 0 Å². The van der Waals surface area contributed by atoms with Crippen molar-refractivity contribution in [2.45, 2.75) is 0 Å². The minimum atomic E-state index is -0.400. The molecule has 5 heteroatoms. The molecule has 0 aliphatic carbocycles. The first-order valence-electron chi connectivity index (χ1n) is 4.41. The standard InChI is InChI=1S/C10H7N3OS/c11-9(14)6-1-2-7-8(5-6)15-10-12-3-4-13(7)10/h1-5H,(H2,11,14). The molecule has 1 amide bonds. The van der Waals surface area contributed by atoms with Crippen LogP contribution in [0.1, 0.15) is 10.4 Å². The van der Waals surface area contributed by atoms with Crippen molar-refractivity contribution >= 4 is 32.4 Å². The van der Waals surface area contributed by atoms with Gasteiger partial charge in [0.15, 0.2) is 4.96 Å². The van der Waals surface area contributed by atoms with E-state index in [1.165, 1.54) is 0 Å². The summed E-state index contributed by atoms with van der Waals surface area (Å²) in [6, 6.07) is 5.43. The fourth-order valence-corrected chi connectivity index (χ4v) is 2.62. The number of aromatic nitrogens is 2. The van der Waals surface area contributed by atoms with Gasteiger partial charge in [0.25, 0.3) is 0 Å². The fraction of sp³-hybridized carbons (Fsp3) is 0. The molecule has 2 aromatic heterocycles. The molecule has 0 unspecified atom stereocenters. The zero-order valence-corrected chi connectivity index (χ0v) is 8.49. The van der Waals surface area contributed by atoms with Crippen LogP contribution < -0.4 is 5.73 Å². The van der Waals surface area contributed by atoms with E-state index in [9.17, 15) is 4.79 Å². The highest BCUT2D eigenvalue weighted by Crippen LogP contribution is 2.26. The topological polar surface area (TPSA) is 60.4 Å². The van der Waals surface area contributed by atoms with Crippen LogP contribution >= 0.6 is 11.3 Å². The van der Waals surface area contributed by atoms with Crippen LogP contribution in [-0.2, 0) is 0 Å². The Bertz CT molecular complexity index is 667. The lowest BCUT2D eigenvalue weighted by atomic mass is 10.2. The molecule has 74 valence electrons. The SMILES string of the molecule is NC(=O)c1ccc2c(c1)sc1nccn12. The number of benzene rings is 1. The zero-order valence-electron chi connectivity index (χ0n) is 7.68. The third-order valence-electron chi connectivity index (χ3n) is 2.31. The van der Waals surface area contributed by atoms with Crippen LogP contribution in [0, 0.1) is 0 Å².